The Kier molecular flexibility index (Phi) is 5.44. The van der Waals surface area contributed by atoms with Crippen LogP contribution in [0.25, 0.3) is 22.4 Å². The van der Waals surface area contributed by atoms with Crippen LogP contribution in [0, 0.1) is 0 Å². The molecule has 0 unspecified atom stereocenters. The molecule has 2 aromatic heterocycles. The second-order valence-corrected chi connectivity index (χ2v) is 7.25. The largest absolute Gasteiger partial charge is 0.462 e. The number of hydrogen-bond donors (Lipinski definition) is 1. The molecule has 9 heteroatoms. The first kappa shape index (κ1) is 19.6. The lowest BCUT2D eigenvalue weighted by atomic mass is 10.1. The number of nitrogens with zero attached hydrogens (tertiary/aromatic N) is 2. The summed E-state index contributed by atoms with van der Waals surface area (Å²) < 4.78 is 11.5. The zero-order valence-electron chi connectivity index (χ0n) is 16.0. The molecule has 1 N–H and O–H groups in total. The number of thiazole rings is 1. The summed E-state index contributed by atoms with van der Waals surface area (Å²) in [7, 11) is 0. The summed E-state index contributed by atoms with van der Waals surface area (Å²) >= 11 is 1.02. The van der Waals surface area contributed by atoms with Gasteiger partial charge in [-0.3, -0.25) is 9.36 Å². The molecule has 0 radical (unpaired) electrons. The number of rotatable bonds is 6. The third kappa shape index (κ3) is 3.87. The fourth-order valence-corrected chi connectivity index (χ4v) is 3.86. The van der Waals surface area contributed by atoms with Crippen LogP contribution in [-0.2, 0) is 16.1 Å². The quantitative estimate of drug-likeness (QED) is 0.476. The van der Waals surface area contributed by atoms with Crippen LogP contribution in [-0.4, -0.2) is 28.0 Å². The maximum atomic E-state index is 12.6. The van der Waals surface area contributed by atoms with Gasteiger partial charge in [0.25, 0.3) is 0 Å². The van der Waals surface area contributed by atoms with Crippen molar-refractivity contribution in [2.75, 3.05) is 11.9 Å². The standard InChI is InChI=1S/C21H17N3O5S/c1-2-28-19(26)18-17(13-8-4-3-5-9-13)23-20(30-18)22-16(25)12-24-14-10-6-7-11-15(14)29-21(24)27/h3-11H,2,12H2,1H3,(H,22,23,25). The highest BCUT2D eigenvalue weighted by molar-refractivity contribution is 7.18. The number of amides is 1. The summed E-state index contributed by atoms with van der Waals surface area (Å²) in [5, 5.41) is 2.90. The topological polar surface area (TPSA) is 103 Å². The molecule has 0 atom stereocenters. The second kappa shape index (κ2) is 8.34. The number of carbonyl (C=O) groups excluding carboxylic acids is 2. The van der Waals surface area contributed by atoms with Crippen molar-refractivity contribution in [2.45, 2.75) is 13.5 Å². The Morgan fingerprint density at radius 3 is 2.63 bits per heavy atom. The highest BCUT2D eigenvalue weighted by Crippen LogP contribution is 2.31. The number of aromatic nitrogens is 2. The summed E-state index contributed by atoms with van der Waals surface area (Å²) in [5.74, 6) is -1.60. The van der Waals surface area contributed by atoms with E-state index in [0.717, 1.165) is 16.9 Å². The lowest BCUT2D eigenvalue weighted by Gasteiger charge is -2.02. The van der Waals surface area contributed by atoms with E-state index in [9.17, 15) is 14.4 Å². The van der Waals surface area contributed by atoms with Crippen LogP contribution in [0.4, 0.5) is 5.13 Å². The van der Waals surface area contributed by atoms with Gasteiger partial charge >= 0.3 is 11.7 Å². The van der Waals surface area contributed by atoms with Crippen molar-refractivity contribution in [3.63, 3.8) is 0 Å². The maximum absolute atomic E-state index is 12.6. The minimum atomic E-state index is -0.623. The molecule has 2 heterocycles. The first-order valence-electron chi connectivity index (χ1n) is 9.18. The van der Waals surface area contributed by atoms with Crippen LogP contribution in [0.3, 0.4) is 0 Å². The molecule has 30 heavy (non-hydrogen) atoms. The highest BCUT2D eigenvalue weighted by Gasteiger charge is 2.22. The molecule has 4 aromatic rings. The van der Waals surface area contributed by atoms with Crippen molar-refractivity contribution < 1.29 is 18.7 Å². The molecular weight excluding hydrogens is 406 g/mol. The van der Waals surface area contributed by atoms with E-state index in [-0.39, 0.29) is 18.3 Å². The van der Waals surface area contributed by atoms with Gasteiger partial charge in [0.15, 0.2) is 10.7 Å². The highest BCUT2D eigenvalue weighted by atomic mass is 32.1. The fourth-order valence-electron chi connectivity index (χ4n) is 2.97. The molecule has 1 amide bonds. The molecule has 0 saturated heterocycles. The number of benzene rings is 2. The average Bonchev–Trinajstić information content (AvgIpc) is 3.30. The Hall–Kier alpha value is -3.72. The SMILES string of the molecule is CCOC(=O)c1sc(NC(=O)Cn2c(=O)oc3ccccc32)nc1-c1ccccc1. The van der Waals surface area contributed by atoms with Gasteiger partial charge in [-0.25, -0.2) is 14.6 Å². The Morgan fingerprint density at radius 1 is 1.13 bits per heavy atom. The van der Waals surface area contributed by atoms with Crippen LogP contribution >= 0.6 is 11.3 Å². The Bertz CT molecular complexity index is 1270. The van der Waals surface area contributed by atoms with Crippen molar-refractivity contribution in [3.05, 3.63) is 70.0 Å². The van der Waals surface area contributed by atoms with E-state index in [2.05, 4.69) is 10.3 Å². The molecule has 0 saturated carbocycles. The molecule has 0 spiro atoms. The Balaban J connectivity index is 1.61. The predicted octanol–water partition coefficient (Wildman–Crippen LogP) is 3.53. The van der Waals surface area contributed by atoms with Gasteiger partial charge in [-0.1, -0.05) is 53.8 Å². The summed E-state index contributed by atoms with van der Waals surface area (Å²) in [4.78, 5) is 41.7. The number of carbonyl (C=O) groups is 2. The monoisotopic (exact) mass is 423 g/mol. The number of ether oxygens (including phenoxy) is 1. The number of fused-ring (bicyclic) bond motifs is 1. The van der Waals surface area contributed by atoms with E-state index >= 15 is 0 Å². The van der Waals surface area contributed by atoms with E-state index in [1.54, 1.807) is 31.2 Å². The number of oxazole rings is 1. The van der Waals surface area contributed by atoms with Gasteiger partial charge in [-0.05, 0) is 19.1 Å². The minimum Gasteiger partial charge on any atom is -0.462 e. The molecule has 0 aliphatic rings. The van der Waals surface area contributed by atoms with Crippen LogP contribution in [0.5, 0.6) is 0 Å². The summed E-state index contributed by atoms with van der Waals surface area (Å²) in [6, 6.07) is 16.0. The van der Waals surface area contributed by atoms with Crippen molar-refractivity contribution in [2.24, 2.45) is 0 Å². The van der Waals surface area contributed by atoms with Crippen molar-refractivity contribution in [3.8, 4) is 11.3 Å². The number of anilines is 1. The third-order valence-corrected chi connectivity index (χ3v) is 5.21. The van der Waals surface area contributed by atoms with Gasteiger partial charge in [0.1, 0.15) is 11.4 Å². The number of nitrogens with one attached hydrogen (secondary N) is 1. The van der Waals surface area contributed by atoms with E-state index < -0.39 is 17.6 Å². The molecule has 4 rings (SSSR count). The third-order valence-electron chi connectivity index (χ3n) is 4.26. The van der Waals surface area contributed by atoms with Crippen molar-refractivity contribution >= 4 is 39.4 Å². The summed E-state index contributed by atoms with van der Waals surface area (Å²) in [6.07, 6.45) is 0. The number of hydrogen-bond acceptors (Lipinski definition) is 7. The molecule has 8 nitrogen and oxygen atoms in total. The van der Waals surface area contributed by atoms with Crippen LogP contribution < -0.4 is 11.1 Å². The van der Waals surface area contributed by atoms with Crippen molar-refractivity contribution in [1.82, 2.24) is 9.55 Å². The van der Waals surface area contributed by atoms with E-state index in [1.165, 1.54) is 4.57 Å². The Morgan fingerprint density at radius 2 is 1.87 bits per heavy atom. The van der Waals surface area contributed by atoms with Crippen LogP contribution in [0.1, 0.15) is 16.6 Å². The minimum absolute atomic E-state index is 0.225. The van der Waals surface area contributed by atoms with Gasteiger partial charge in [0.05, 0.1) is 17.8 Å². The summed E-state index contributed by atoms with van der Waals surface area (Å²) in [5.41, 5.74) is 2.09. The molecule has 0 fully saturated rings. The van der Waals surface area contributed by atoms with Gasteiger partial charge in [-0.2, -0.15) is 0 Å². The molecule has 152 valence electrons. The van der Waals surface area contributed by atoms with Crippen LogP contribution in [0.2, 0.25) is 0 Å². The first-order chi connectivity index (χ1) is 14.6. The van der Waals surface area contributed by atoms with Gasteiger partial charge in [0.2, 0.25) is 5.91 Å². The first-order valence-corrected chi connectivity index (χ1v) is 10.00. The van der Waals surface area contributed by atoms with E-state index in [1.807, 2.05) is 30.3 Å². The Labute approximate surface area is 174 Å². The molecule has 0 bridgehead atoms. The number of esters is 1. The normalized spacial score (nSPS) is 10.8. The van der Waals surface area contributed by atoms with Gasteiger partial charge in [-0.15, -0.1) is 0 Å². The van der Waals surface area contributed by atoms with E-state index in [4.69, 9.17) is 9.15 Å². The zero-order chi connectivity index (χ0) is 21.1. The number of para-hydroxylation sites is 2. The predicted molar refractivity (Wildman–Crippen MR) is 113 cm³/mol. The molecule has 2 aromatic carbocycles. The fraction of sp³-hybridized carbons (Fsp3) is 0.143. The van der Waals surface area contributed by atoms with Gasteiger partial charge < -0.3 is 14.5 Å². The lowest BCUT2D eigenvalue weighted by molar-refractivity contribution is -0.116. The molecule has 0 aliphatic carbocycles. The van der Waals surface area contributed by atoms with Gasteiger partial charge in [0, 0.05) is 5.56 Å². The van der Waals surface area contributed by atoms with Crippen LogP contribution in [0.15, 0.2) is 63.8 Å². The second-order valence-electron chi connectivity index (χ2n) is 6.25. The smallest absolute Gasteiger partial charge is 0.420 e. The maximum Gasteiger partial charge on any atom is 0.420 e. The zero-order valence-corrected chi connectivity index (χ0v) is 16.8. The lowest BCUT2D eigenvalue weighted by Crippen LogP contribution is -2.24. The molecule has 0 aliphatic heterocycles. The summed E-state index contributed by atoms with van der Waals surface area (Å²) in [6.45, 7) is 1.70. The average molecular weight is 423 g/mol. The molecular formula is C21H17N3O5S. The van der Waals surface area contributed by atoms with Crippen molar-refractivity contribution in [1.29, 1.82) is 0 Å². The van der Waals surface area contributed by atoms with E-state index in [0.29, 0.717) is 21.7 Å².